The second-order valence-electron chi connectivity index (χ2n) is 24.1. The lowest BCUT2D eigenvalue weighted by Gasteiger charge is -2.44. The molecule has 6 aromatic carbocycles. The minimum atomic E-state index is -0.609. The second kappa shape index (κ2) is 24.8. The zero-order chi connectivity index (χ0) is 58.2. The molecule has 2 atom stereocenters. The van der Waals surface area contributed by atoms with Crippen LogP contribution in [-0.4, -0.2) is 159 Å². The number of hydrogen-bond acceptors (Lipinski definition) is 9. The molecule has 0 spiro atoms. The average Bonchev–Trinajstić information content (AvgIpc) is 2.99. The van der Waals surface area contributed by atoms with E-state index in [1.807, 2.05) is 58.3 Å². The first-order valence-corrected chi connectivity index (χ1v) is 30.4. The number of piperidine rings is 2. The van der Waals surface area contributed by atoms with Crippen molar-refractivity contribution in [1.29, 1.82) is 0 Å². The first-order valence-electron chi connectivity index (χ1n) is 29.6. The molecule has 6 aliphatic rings. The van der Waals surface area contributed by atoms with E-state index in [4.69, 9.17) is 32.7 Å². The van der Waals surface area contributed by atoms with Crippen molar-refractivity contribution in [3.63, 3.8) is 0 Å². The molecule has 6 aromatic rings. The molecule has 0 aliphatic carbocycles. The molecule has 4 saturated heterocycles. The average molecular weight is 1160 g/mol. The zero-order valence-electron chi connectivity index (χ0n) is 48.6. The maximum atomic E-state index is 14.0. The molecule has 0 radical (unpaired) electrons. The summed E-state index contributed by atoms with van der Waals surface area (Å²) in [6.45, 7) is 22.1. The van der Waals surface area contributed by atoms with Crippen LogP contribution in [0.1, 0.15) is 50.2 Å². The van der Waals surface area contributed by atoms with Crippen molar-refractivity contribution in [3.05, 3.63) is 144 Å². The fourth-order valence-corrected chi connectivity index (χ4v) is 13.8. The van der Waals surface area contributed by atoms with Crippen LogP contribution in [0.3, 0.4) is 0 Å². The summed E-state index contributed by atoms with van der Waals surface area (Å²) in [5.74, 6) is 2.27. The summed E-state index contributed by atoms with van der Waals surface area (Å²) in [6.07, 6.45) is 7.17. The highest BCUT2D eigenvalue weighted by atomic mass is 35.5. The molecule has 2 unspecified atom stereocenters. The van der Waals surface area contributed by atoms with Gasteiger partial charge < -0.3 is 34.0 Å². The van der Waals surface area contributed by atoms with Crippen molar-refractivity contribution < 1.29 is 28.7 Å². The number of nitrogens with zero attached hydrogens (tertiary/aromatic N) is 7. The Bertz CT molecular complexity index is 3470. The third-order valence-electron chi connectivity index (χ3n) is 18.1. The Morgan fingerprint density at radius 3 is 1.37 bits per heavy atom. The molecule has 434 valence electrons. The molecular weight excluding hydrogens is 1080 g/mol. The number of aryl methyl sites for hydroxylation is 2. The number of fused-ring (bicyclic) bond motifs is 4. The van der Waals surface area contributed by atoms with Gasteiger partial charge in [-0.3, -0.25) is 29.0 Å². The Kier molecular flexibility index (Phi) is 17.4. The molecule has 4 fully saturated rings. The zero-order valence-corrected chi connectivity index (χ0v) is 50.1. The van der Waals surface area contributed by atoms with Crippen molar-refractivity contribution in [1.82, 2.24) is 24.5 Å². The highest BCUT2D eigenvalue weighted by Crippen LogP contribution is 2.47. The third kappa shape index (κ3) is 12.3. The molecule has 0 N–H and O–H groups in total. The molecule has 0 aromatic heterocycles. The lowest BCUT2D eigenvalue weighted by atomic mass is 9.93. The largest absolute Gasteiger partial charge is 0.477 e. The van der Waals surface area contributed by atoms with Crippen LogP contribution >= 0.6 is 23.2 Å². The van der Waals surface area contributed by atoms with E-state index < -0.39 is 12.2 Å². The van der Waals surface area contributed by atoms with E-state index in [0.717, 1.165) is 113 Å². The van der Waals surface area contributed by atoms with Crippen molar-refractivity contribution in [3.8, 4) is 33.8 Å². The third-order valence-corrected chi connectivity index (χ3v) is 18.7. The number of anilines is 2. The minimum Gasteiger partial charge on any atom is -0.477 e. The van der Waals surface area contributed by atoms with Gasteiger partial charge in [0.25, 0.3) is 11.8 Å². The van der Waals surface area contributed by atoms with Crippen LogP contribution < -0.4 is 19.3 Å². The van der Waals surface area contributed by atoms with Gasteiger partial charge in [0.05, 0.1) is 21.4 Å². The molecule has 83 heavy (non-hydrogen) atoms. The van der Waals surface area contributed by atoms with Crippen LogP contribution in [0.2, 0.25) is 10.0 Å². The van der Waals surface area contributed by atoms with E-state index in [0.29, 0.717) is 91.3 Å². The van der Waals surface area contributed by atoms with Gasteiger partial charge in [-0.2, -0.15) is 0 Å². The molecule has 6 aliphatic heterocycles. The number of rotatable bonds is 14. The van der Waals surface area contributed by atoms with E-state index in [1.54, 1.807) is 9.80 Å². The van der Waals surface area contributed by atoms with Gasteiger partial charge in [-0.25, -0.2) is 0 Å². The van der Waals surface area contributed by atoms with Gasteiger partial charge in [-0.15, -0.1) is 0 Å². The summed E-state index contributed by atoms with van der Waals surface area (Å²) in [7, 11) is 4.26. The van der Waals surface area contributed by atoms with E-state index >= 15 is 0 Å². The number of amides is 4. The predicted molar refractivity (Wildman–Crippen MR) is 335 cm³/mol. The standard InChI is InChI=1S/C34H39ClN4O3.C34H38ClN3O3/c1-5-33(40)38-18-23(19-38)20-39-30-17-29(35)28(27-15-22(2)14-24-8-6-7-9-26(24)27)16-31(30)42-32(34(39)41)21-37-12-10-25(11-13-37)36(3)4;1-4-23-10-12-36(13-11-23)21-32-34(40)38(20-24-18-37(19-24)33(39)5-2)30-17-29(35)28(16-31(30)41-32)27-15-22(3)14-25-8-6-7-9-26(25)27/h5-9,14-17,23,25,32H,1,10-13,18-21H2,2-4H3;5-9,14-17,23-24,32H,2,4,10-13,18-21H2,1,3H3. The maximum absolute atomic E-state index is 14.0. The van der Waals surface area contributed by atoms with Gasteiger partial charge >= 0.3 is 0 Å². The van der Waals surface area contributed by atoms with Crippen LogP contribution in [0.5, 0.6) is 11.5 Å². The van der Waals surface area contributed by atoms with Gasteiger partial charge in [0, 0.05) is 81.4 Å². The topological polar surface area (TPSA) is 109 Å². The summed E-state index contributed by atoms with van der Waals surface area (Å²) in [4.78, 5) is 66.3. The number of hydrogen-bond donors (Lipinski definition) is 0. The van der Waals surface area contributed by atoms with Crippen LogP contribution in [0.15, 0.2) is 122 Å². The quantitative estimate of drug-likeness (QED) is 0.0985. The lowest BCUT2D eigenvalue weighted by Crippen LogP contribution is -2.58. The Morgan fingerprint density at radius 2 is 0.976 bits per heavy atom. The monoisotopic (exact) mass is 1160 g/mol. The number of likely N-dealkylation sites (tertiary alicyclic amines) is 4. The number of carbonyl (C=O) groups excluding carboxylic acids is 4. The van der Waals surface area contributed by atoms with Crippen LogP contribution in [0.25, 0.3) is 43.8 Å². The smallest absolute Gasteiger partial charge is 0.269 e. The van der Waals surface area contributed by atoms with E-state index in [2.05, 4.69) is 111 Å². The highest BCUT2D eigenvalue weighted by Gasteiger charge is 2.43. The normalized spacial score (nSPS) is 20.0. The number of halogens is 2. The molecule has 0 bridgehead atoms. The van der Waals surface area contributed by atoms with Gasteiger partial charge in [0.2, 0.25) is 11.8 Å². The first kappa shape index (κ1) is 58.1. The minimum absolute atomic E-state index is 0.0339. The van der Waals surface area contributed by atoms with E-state index in [1.165, 1.54) is 18.6 Å². The van der Waals surface area contributed by atoms with Crippen molar-refractivity contribution in [2.24, 2.45) is 17.8 Å². The summed E-state index contributed by atoms with van der Waals surface area (Å²) in [5.41, 5.74) is 7.59. The second-order valence-corrected chi connectivity index (χ2v) is 24.9. The van der Waals surface area contributed by atoms with Crippen LogP contribution in [0, 0.1) is 31.6 Å². The fourth-order valence-electron chi connectivity index (χ4n) is 13.2. The van der Waals surface area contributed by atoms with Gasteiger partial charge in [-0.1, -0.05) is 123 Å². The SMILES string of the molecule is C=CC(=O)N1CC(CN2C(=O)C(CN3CCC(CC)CC3)Oc3cc(-c4cc(C)cc5ccccc45)c(Cl)cc32)C1.C=CC(=O)N1CC(CN2C(=O)C(CN3CCC(N(C)C)CC3)Oc3cc(-c4cc(C)cc5ccccc45)c(Cl)cc32)C1. The van der Waals surface area contributed by atoms with Crippen molar-refractivity contribution >= 4 is 79.8 Å². The summed E-state index contributed by atoms with van der Waals surface area (Å²) >= 11 is 14.0. The number of ether oxygens (including phenoxy) is 2. The molecular formula is C68H77Cl2N7O6. The maximum Gasteiger partial charge on any atom is 0.269 e. The molecule has 12 rings (SSSR count). The lowest BCUT2D eigenvalue weighted by molar-refractivity contribution is -0.133. The fraction of sp³-hybridized carbons (Fsp3) is 0.412. The number of benzene rings is 6. The van der Waals surface area contributed by atoms with Crippen molar-refractivity contribution in [2.75, 3.05) is 102 Å². The molecule has 4 amide bonds. The van der Waals surface area contributed by atoms with Crippen molar-refractivity contribution in [2.45, 2.75) is 71.1 Å². The Hall–Kier alpha value is -6.74. The predicted octanol–water partition coefficient (Wildman–Crippen LogP) is 11.6. The molecule has 13 nitrogen and oxygen atoms in total. The molecule has 15 heteroatoms. The van der Waals surface area contributed by atoms with Gasteiger partial charge in [0.1, 0.15) is 11.5 Å². The Balaban J connectivity index is 0.000000174. The summed E-state index contributed by atoms with van der Waals surface area (Å²) < 4.78 is 13.1. The van der Waals surface area contributed by atoms with Crippen LogP contribution in [0.4, 0.5) is 11.4 Å². The molecule has 6 heterocycles. The van der Waals surface area contributed by atoms with E-state index in [9.17, 15) is 19.2 Å². The summed E-state index contributed by atoms with van der Waals surface area (Å²) in [5, 5.41) is 5.72. The Labute approximate surface area is 498 Å². The van der Waals surface area contributed by atoms with Crippen LogP contribution in [-0.2, 0) is 19.2 Å². The van der Waals surface area contributed by atoms with Gasteiger partial charge in [0.15, 0.2) is 12.2 Å². The Morgan fingerprint density at radius 1 is 0.566 bits per heavy atom. The first-order chi connectivity index (χ1) is 40.0. The number of carbonyl (C=O) groups is 4. The summed E-state index contributed by atoms with van der Waals surface area (Å²) in [6, 6.07) is 33.7. The molecule has 0 saturated carbocycles. The van der Waals surface area contributed by atoms with E-state index in [-0.39, 0.29) is 35.5 Å². The van der Waals surface area contributed by atoms with Gasteiger partial charge in [-0.05, 0) is 166 Å². The highest BCUT2D eigenvalue weighted by molar-refractivity contribution is 6.35.